The Kier molecular flexibility index (Phi) is 7.56. The Bertz CT molecular complexity index is 1020. The number of nitrogens with zero attached hydrogens (tertiary/aromatic N) is 2. The van der Waals surface area contributed by atoms with Gasteiger partial charge in [-0.2, -0.15) is 0 Å². The van der Waals surface area contributed by atoms with Crippen LogP contribution >= 0.6 is 0 Å². The van der Waals surface area contributed by atoms with Crippen LogP contribution in [0.1, 0.15) is 65.9 Å². The molecule has 0 radical (unpaired) electrons. The van der Waals surface area contributed by atoms with Crippen molar-refractivity contribution in [1.82, 2.24) is 10.2 Å². The van der Waals surface area contributed by atoms with Crippen LogP contribution in [0.4, 0.5) is 13.2 Å². The fourth-order valence-corrected chi connectivity index (χ4v) is 4.69. The number of hydrogen-bond donors (Lipinski definition) is 1. The number of hydrogen-bond acceptors (Lipinski definition) is 4. The minimum atomic E-state index is -4.74. The highest BCUT2D eigenvalue weighted by molar-refractivity contribution is 5.99. The van der Waals surface area contributed by atoms with Gasteiger partial charge in [-0.3, -0.25) is 14.7 Å². The van der Waals surface area contributed by atoms with Crippen molar-refractivity contribution >= 4 is 12.1 Å². The van der Waals surface area contributed by atoms with Crippen LogP contribution < -0.4 is 5.32 Å². The average molecular weight is 474 g/mol. The van der Waals surface area contributed by atoms with Crippen molar-refractivity contribution in [2.45, 2.75) is 63.9 Å². The van der Waals surface area contributed by atoms with E-state index in [1.165, 1.54) is 37.8 Å². The molecule has 0 spiro atoms. The van der Waals surface area contributed by atoms with E-state index in [0.29, 0.717) is 17.7 Å². The topological polar surface area (TPSA) is 53.9 Å². The second kappa shape index (κ2) is 10.6. The van der Waals surface area contributed by atoms with E-state index in [9.17, 15) is 18.0 Å². The third-order valence-corrected chi connectivity index (χ3v) is 6.47. The second-order valence-electron chi connectivity index (χ2n) is 8.99. The summed E-state index contributed by atoms with van der Waals surface area (Å²) >= 11 is 0. The summed E-state index contributed by atoms with van der Waals surface area (Å²) < 4.78 is 41.9. The predicted octanol–water partition coefficient (Wildman–Crippen LogP) is 5.75. The number of carbonyl (C=O) groups excluding carboxylic acids is 1. The molecule has 1 aromatic carbocycles. The van der Waals surface area contributed by atoms with E-state index in [1.807, 2.05) is 19.1 Å². The van der Waals surface area contributed by atoms with Crippen LogP contribution in [0.25, 0.3) is 0 Å². The van der Waals surface area contributed by atoms with Crippen molar-refractivity contribution < 1.29 is 22.7 Å². The molecule has 1 saturated heterocycles. The maximum absolute atomic E-state index is 12.9. The summed E-state index contributed by atoms with van der Waals surface area (Å²) in [5, 5.41) is 2.91. The zero-order valence-corrected chi connectivity index (χ0v) is 19.3. The molecule has 2 atom stereocenters. The molecule has 1 aromatic rings. The molecule has 2 aliphatic heterocycles. The number of alkyl halides is 3. The number of dihydropyridines is 1. The Labute approximate surface area is 198 Å². The Balaban J connectivity index is 1.41. The van der Waals surface area contributed by atoms with Gasteiger partial charge in [-0.05, 0) is 61.6 Å². The summed E-state index contributed by atoms with van der Waals surface area (Å²) in [4.78, 5) is 20.0. The van der Waals surface area contributed by atoms with Crippen LogP contribution in [-0.2, 0) is 4.74 Å². The minimum Gasteiger partial charge on any atom is -0.406 e. The number of carbonyl (C=O) groups is 1. The zero-order valence-electron chi connectivity index (χ0n) is 19.3. The van der Waals surface area contributed by atoms with E-state index in [0.717, 1.165) is 30.6 Å². The van der Waals surface area contributed by atoms with Gasteiger partial charge in [0.25, 0.3) is 5.91 Å². The molecule has 0 saturated carbocycles. The Morgan fingerprint density at radius 1 is 1.15 bits per heavy atom. The lowest BCUT2D eigenvalue weighted by Gasteiger charge is -2.28. The monoisotopic (exact) mass is 473 g/mol. The lowest BCUT2D eigenvalue weighted by atomic mass is 9.88. The molecule has 8 heteroatoms. The van der Waals surface area contributed by atoms with Crippen molar-refractivity contribution in [3.8, 4) is 0 Å². The molecule has 1 amide bonds. The summed E-state index contributed by atoms with van der Waals surface area (Å²) in [5.41, 5.74) is 2.82. The Hall–Kier alpha value is -2.87. The Morgan fingerprint density at radius 2 is 1.91 bits per heavy atom. The van der Waals surface area contributed by atoms with Gasteiger partial charge in [0.05, 0.1) is 5.70 Å². The normalized spacial score (nSPS) is 23.6. The van der Waals surface area contributed by atoms with Gasteiger partial charge in [0.15, 0.2) is 0 Å². The average Bonchev–Trinajstić information content (AvgIpc) is 3.08. The van der Waals surface area contributed by atoms with Gasteiger partial charge in [0.2, 0.25) is 0 Å². The van der Waals surface area contributed by atoms with E-state index in [-0.39, 0.29) is 23.8 Å². The fourth-order valence-electron chi connectivity index (χ4n) is 4.69. The van der Waals surface area contributed by atoms with E-state index in [2.05, 4.69) is 19.9 Å². The quantitative estimate of drug-likeness (QED) is 0.593. The summed E-state index contributed by atoms with van der Waals surface area (Å²) in [6, 6.07) is 5.29. The summed E-state index contributed by atoms with van der Waals surface area (Å²) in [7, 11) is 0. The first-order valence-electron chi connectivity index (χ1n) is 11.8. The first-order valence-corrected chi connectivity index (χ1v) is 11.8. The predicted molar refractivity (Wildman–Crippen MR) is 125 cm³/mol. The third-order valence-electron chi connectivity index (χ3n) is 6.47. The van der Waals surface area contributed by atoms with Crippen molar-refractivity contribution in [1.29, 1.82) is 0 Å². The lowest BCUT2D eigenvalue weighted by molar-refractivity contribution is -0.303. The van der Waals surface area contributed by atoms with Crippen molar-refractivity contribution in [2.24, 2.45) is 4.99 Å². The largest absolute Gasteiger partial charge is 0.573 e. The van der Waals surface area contributed by atoms with E-state index in [4.69, 9.17) is 0 Å². The molecule has 182 valence electrons. The molecule has 5 nitrogen and oxygen atoms in total. The number of allylic oxidation sites excluding steroid dienone is 4. The van der Waals surface area contributed by atoms with Crippen LogP contribution in [0.5, 0.6) is 0 Å². The smallest absolute Gasteiger partial charge is 0.406 e. The molecule has 2 unspecified atom stereocenters. The van der Waals surface area contributed by atoms with Crippen LogP contribution in [0.3, 0.4) is 0 Å². The SMILES string of the molecule is Cc1ccc(C(=O)NC2=CCC(N3CCCCCC3)N=C2)cc1C1C=C(OC(F)(F)F)C=CC1. The van der Waals surface area contributed by atoms with Gasteiger partial charge < -0.3 is 10.1 Å². The highest BCUT2D eigenvalue weighted by Crippen LogP contribution is 2.33. The number of nitrogens with one attached hydrogen (secondary N) is 1. The number of rotatable bonds is 5. The molecule has 0 bridgehead atoms. The fraction of sp³-hybridized carbons (Fsp3) is 0.462. The lowest BCUT2D eigenvalue weighted by Crippen LogP contribution is -2.36. The van der Waals surface area contributed by atoms with Gasteiger partial charge in [-0.1, -0.05) is 31.1 Å². The van der Waals surface area contributed by atoms with Crippen molar-refractivity contribution in [3.63, 3.8) is 0 Å². The maximum Gasteiger partial charge on any atom is 0.573 e. The number of likely N-dealkylation sites (tertiary alicyclic amines) is 1. The highest BCUT2D eigenvalue weighted by Gasteiger charge is 2.32. The van der Waals surface area contributed by atoms with E-state index >= 15 is 0 Å². The van der Waals surface area contributed by atoms with Crippen molar-refractivity contribution in [3.05, 3.63) is 70.6 Å². The molecular weight excluding hydrogens is 443 g/mol. The van der Waals surface area contributed by atoms with Crippen LogP contribution in [0, 0.1) is 6.92 Å². The van der Waals surface area contributed by atoms with E-state index in [1.54, 1.807) is 24.4 Å². The minimum absolute atomic E-state index is 0.129. The van der Waals surface area contributed by atoms with Crippen LogP contribution in [0.15, 0.2) is 59.0 Å². The van der Waals surface area contributed by atoms with E-state index < -0.39 is 6.36 Å². The molecule has 1 aliphatic carbocycles. The number of ether oxygens (including phenoxy) is 1. The standard InChI is InChI=1S/C26H30F3N3O2/c1-18-9-10-20(16-23(18)19-7-6-8-22(15-19)34-26(27,28)29)25(33)31-21-11-12-24(30-17-21)32-13-4-2-3-5-14-32/h6,8-11,15-17,19,24H,2-5,7,12-14H2,1H3,(H,31,33). The molecule has 2 heterocycles. The number of halogens is 3. The molecule has 4 rings (SSSR count). The molecule has 1 N–H and O–H groups in total. The van der Waals surface area contributed by atoms with Gasteiger partial charge in [0, 0.05) is 37.2 Å². The number of benzene rings is 1. The highest BCUT2D eigenvalue weighted by atomic mass is 19.4. The van der Waals surface area contributed by atoms with Crippen LogP contribution in [0.2, 0.25) is 0 Å². The first-order chi connectivity index (χ1) is 16.3. The maximum atomic E-state index is 12.9. The van der Waals surface area contributed by atoms with Gasteiger partial charge in [0.1, 0.15) is 11.9 Å². The first kappa shape index (κ1) is 24.3. The van der Waals surface area contributed by atoms with Gasteiger partial charge in [-0.25, -0.2) is 0 Å². The summed E-state index contributed by atoms with van der Waals surface area (Å²) in [6.07, 6.45) is 9.78. The molecular formula is C26H30F3N3O2. The number of aliphatic imine (C=N–C) groups is 1. The third kappa shape index (κ3) is 6.38. The van der Waals surface area contributed by atoms with Gasteiger partial charge >= 0.3 is 6.36 Å². The molecule has 34 heavy (non-hydrogen) atoms. The Morgan fingerprint density at radius 3 is 2.59 bits per heavy atom. The molecule has 0 aromatic heterocycles. The van der Waals surface area contributed by atoms with Gasteiger partial charge in [-0.15, -0.1) is 13.2 Å². The molecule has 1 fully saturated rings. The number of amides is 1. The summed E-state index contributed by atoms with van der Waals surface area (Å²) in [6.45, 7) is 4.00. The number of aryl methyl sites for hydroxylation is 1. The van der Waals surface area contributed by atoms with Crippen molar-refractivity contribution in [2.75, 3.05) is 13.1 Å². The zero-order chi connectivity index (χ0) is 24.1. The molecule has 3 aliphatic rings. The van der Waals surface area contributed by atoms with Crippen LogP contribution in [-0.4, -0.2) is 42.6 Å². The second-order valence-corrected chi connectivity index (χ2v) is 8.99. The summed E-state index contributed by atoms with van der Waals surface area (Å²) in [5.74, 6) is -0.810.